The van der Waals surface area contributed by atoms with Gasteiger partial charge in [0.1, 0.15) is 52.7 Å². The molecule has 3 amide bonds. The highest BCUT2D eigenvalue weighted by Gasteiger charge is 2.27. The van der Waals surface area contributed by atoms with Crippen molar-refractivity contribution in [3.05, 3.63) is 107 Å². The molecule has 0 aromatic carbocycles. The first-order valence-electron chi connectivity index (χ1n) is 20.2. The molecule has 0 spiro atoms. The maximum Gasteiger partial charge on any atom is 0.410 e. The minimum absolute atomic E-state index is 0. The molecule has 324 valence electrons. The molecule has 6 aromatic rings. The predicted octanol–water partition coefficient (Wildman–Crippen LogP) is 6.50. The van der Waals surface area contributed by atoms with Crippen molar-refractivity contribution in [2.24, 2.45) is 0 Å². The lowest BCUT2D eigenvalue weighted by Gasteiger charge is -2.31. The quantitative estimate of drug-likeness (QED) is 0.149. The van der Waals surface area contributed by atoms with Crippen LogP contribution in [0.5, 0.6) is 0 Å². The summed E-state index contributed by atoms with van der Waals surface area (Å²) >= 11 is 0. The summed E-state index contributed by atoms with van der Waals surface area (Å²) in [5, 5.41) is 25.2. The van der Waals surface area contributed by atoms with E-state index in [0.717, 1.165) is 36.2 Å². The van der Waals surface area contributed by atoms with Gasteiger partial charge < -0.3 is 34.7 Å². The second kappa shape index (κ2) is 19.4. The number of aromatic nitrogens is 10. The fourth-order valence-electron chi connectivity index (χ4n) is 6.76. The normalized spacial score (nSPS) is 13.3. The van der Waals surface area contributed by atoms with Crippen molar-refractivity contribution in [3.63, 3.8) is 0 Å². The van der Waals surface area contributed by atoms with Crippen LogP contribution in [0.2, 0.25) is 0 Å². The Morgan fingerprint density at radius 3 is 1.76 bits per heavy atom. The molecular formula is C43H51ClN14O4. The Morgan fingerprint density at radius 1 is 0.726 bits per heavy atom. The van der Waals surface area contributed by atoms with E-state index >= 15 is 0 Å². The summed E-state index contributed by atoms with van der Waals surface area (Å²) in [7, 11) is 0. The number of pyridine rings is 4. The fraction of sp³-hybridized carbons (Fsp3) is 0.372. The summed E-state index contributed by atoms with van der Waals surface area (Å²) in [5.74, 6) is 1.47. The third-order valence-electron chi connectivity index (χ3n) is 9.88. The van der Waals surface area contributed by atoms with Gasteiger partial charge in [-0.15, -0.1) is 32.8 Å². The van der Waals surface area contributed by atoms with Crippen LogP contribution in [-0.4, -0.2) is 91.0 Å². The Bertz CT molecular complexity index is 2550. The van der Waals surface area contributed by atoms with Gasteiger partial charge in [0.2, 0.25) is 0 Å². The average molecular weight is 863 g/mol. The molecule has 0 radical (unpaired) electrons. The number of carbonyl (C=O) groups excluding carboxylic acids is 3. The number of ether oxygens (including phenoxy) is 1. The van der Waals surface area contributed by atoms with Crippen LogP contribution in [0.25, 0.3) is 23.0 Å². The van der Waals surface area contributed by atoms with E-state index in [1.54, 1.807) is 54.2 Å². The summed E-state index contributed by atoms with van der Waals surface area (Å²) in [6.45, 7) is 16.3. The predicted molar refractivity (Wildman–Crippen MR) is 235 cm³/mol. The van der Waals surface area contributed by atoms with Gasteiger partial charge in [0.25, 0.3) is 11.8 Å². The van der Waals surface area contributed by atoms with Gasteiger partial charge in [-0.3, -0.25) is 19.6 Å². The summed E-state index contributed by atoms with van der Waals surface area (Å²) in [6, 6.07) is 14.7. The molecule has 0 aliphatic carbocycles. The van der Waals surface area contributed by atoms with E-state index in [0.29, 0.717) is 59.9 Å². The van der Waals surface area contributed by atoms with E-state index in [-0.39, 0.29) is 48.1 Å². The zero-order valence-corrected chi connectivity index (χ0v) is 36.6. The number of hydrogen-bond acceptors (Lipinski definition) is 13. The summed E-state index contributed by atoms with van der Waals surface area (Å²) < 4.78 is 9.33. The van der Waals surface area contributed by atoms with Crippen molar-refractivity contribution in [2.45, 2.75) is 92.1 Å². The first kappa shape index (κ1) is 44.9. The molecule has 0 saturated heterocycles. The van der Waals surface area contributed by atoms with E-state index in [4.69, 9.17) is 4.74 Å². The Labute approximate surface area is 365 Å². The standard InChI is InChI=1S/C24H29N7O3.C19H21N7O.ClH/c1-15(2)31-14-26-29-21(31)18-7-6-8-20(27-18)28-22(32)19-11-17-13-30(10-9-16(17)12-25-19)23(33)34-24(3,4)5;1-12(2)26-11-22-25-18(26)15-4-3-5-17(23-15)24-19(27)16-8-14-9-20-7-6-13(14)10-21-16;/h6-8,11-12,14-15H,9-10,13H2,1-5H3,(H,27,28,32);3-5,8,10-12,20H,6-7,9H2,1-2H3,(H,23,24,27);1H. The number of halogens is 1. The molecular weight excluding hydrogens is 812 g/mol. The third-order valence-corrected chi connectivity index (χ3v) is 9.88. The summed E-state index contributed by atoms with van der Waals surface area (Å²) in [5.41, 5.74) is 5.54. The molecule has 18 nitrogen and oxygen atoms in total. The number of anilines is 2. The van der Waals surface area contributed by atoms with Crippen molar-refractivity contribution in [3.8, 4) is 23.0 Å². The van der Waals surface area contributed by atoms with E-state index in [1.165, 1.54) is 5.56 Å². The smallest absolute Gasteiger partial charge is 0.410 e. The van der Waals surface area contributed by atoms with Gasteiger partial charge in [0, 0.05) is 44.1 Å². The van der Waals surface area contributed by atoms with E-state index in [2.05, 4.69) is 70.1 Å². The number of hydrogen-bond donors (Lipinski definition) is 3. The van der Waals surface area contributed by atoms with Crippen LogP contribution in [0.1, 0.15) is 104 Å². The second-order valence-corrected chi connectivity index (χ2v) is 16.3. The molecule has 0 saturated carbocycles. The molecule has 0 atom stereocenters. The van der Waals surface area contributed by atoms with Crippen LogP contribution in [0, 0.1) is 0 Å². The number of rotatable bonds is 8. The molecule has 19 heteroatoms. The van der Waals surface area contributed by atoms with Crippen LogP contribution >= 0.6 is 12.4 Å². The Morgan fingerprint density at radius 2 is 1.24 bits per heavy atom. The zero-order chi connectivity index (χ0) is 43.3. The first-order valence-corrected chi connectivity index (χ1v) is 20.2. The zero-order valence-electron chi connectivity index (χ0n) is 35.8. The number of fused-ring (bicyclic) bond motifs is 2. The van der Waals surface area contributed by atoms with E-state index in [1.807, 2.05) is 68.0 Å². The van der Waals surface area contributed by atoms with Crippen molar-refractivity contribution < 1.29 is 19.1 Å². The SMILES string of the molecule is CC(C)n1cnnc1-c1cccc(NC(=O)c2cc3c(cn2)CCN(C(=O)OC(C)(C)C)C3)n1.CC(C)n1cnnc1-c1cccc(NC(=O)c2cc3c(cn2)CCNC3)n1.Cl. The monoisotopic (exact) mass is 862 g/mol. The number of nitrogens with zero attached hydrogens (tertiary/aromatic N) is 11. The van der Waals surface area contributed by atoms with Crippen molar-refractivity contribution >= 4 is 42.0 Å². The highest BCUT2D eigenvalue weighted by molar-refractivity contribution is 6.03. The van der Waals surface area contributed by atoms with Crippen LogP contribution in [-0.2, 0) is 30.7 Å². The third kappa shape index (κ3) is 10.8. The van der Waals surface area contributed by atoms with Crippen molar-refractivity contribution in [1.29, 1.82) is 0 Å². The molecule has 2 aliphatic rings. The van der Waals surface area contributed by atoms with Gasteiger partial charge >= 0.3 is 6.09 Å². The van der Waals surface area contributed by atoms with Crippen LogP contribution < -0.4 is 16.0 Å². The Kier molecular flexibility index (Phi) is 14.0. The highest BCUT2D eigenvalue weighted by Crippen LogP contribution is 2.24. The fourth-order valence-corrected chi connectivity index (χ4v) is 6.76. The summed E-state index contributed by atoms with van der Waals surface area (Å²) in [6.07, 6.45) is 8.05. The molecule has 0 fully saturated rings. The van der Waals surface area contributed by atoms with Gasteiger partial charge in [0.05, 0.1) is 0 Å². The average Bonchev–Trinajstić information content (AvgIpc) is 3.95. The molecule has 3 N–H and O–H groups in total. The Hall–Kier alpha value is -6.66. The second-order valence-electron chi connectivity index (χ2n) is 16.3. The van der Waals surface area contributed by atoms with Crippen LogP contribution in [0.3, 0.4) is 0 Å². The largest absolute Gasteiger partial charge is 0.444 e. The lowest BCUT2D eigenvalue weighted by molar-refractivity contribution is 0.0223. The lowest BCUT2D eigenvalue weighted by Crippen LogP contribution is -2.40. The van der Waals surface area contributed by atoms with Gasteiger partial charge in [0.15, 0.2) is 11.6 Å². The number of nitrogens with one attached hydrogen (secondary N) is 3. The molecule has 8 rings (SSSR count). The van der Waals surface area contributed by atoms with Crippen molar-refractivity contribution in [2.75, 3.05) is 23.7 Å². The maximum absolute atomic E-state index is 12.9. The van der Waals surface area contributed by atoms with Gasteiger partial charge in [-0.05, 0) is 127 Å². The van der Waals surface area contributed by atoms with Crippen LogP contribution in [0.15, 0.2) is 73.6 Å². The first-order chi connectivity index (χ1) is 29.2. The molecule has 8 heterocycles. The lowest BCUT2D eigenvalue weighted by atomic mass is 10.0. The maximum atomic E-state index is 12.9. The van der Waals surface area contributed by atoms with Gasteiger partial charge in [-0.25, -0.2) is 14.8 Å². The molecule has 2 aliphatic heterocycles. The molecule has 6 aromatic heterocycles. The molecule has 0 unspecified atom stereocenters. The van der Waals surface area contributed by atoms with Gasteiger partial charge in [-0.2, -0.15) is 0 Å². The van der Waals surface area contributed by atoms with Crippen molar-refractivity contribution in [1.82, 2.24) is 59.7 Å². The Balaban J connectivity index is 0.000000209. The topological polar surface area (TPSA) is 213 Å². The molecule has 0 bridgehead atoms. The minimum Gasteiger partial charge on any atom is -0.444 e. The summed E-state index contributed by atoms with van der Waals surface area (Å²) in [4.78, 5) is 57.3. The highest BCUT2D eigenvalue weighted by atomic mass is 35.5. The van der Waals surface area contributed by atoms with Gasteiger partial charge in [-0.1, -0.05) is 12.1 Å². The van der Waals surface area contributed by atoms with E-state index in [9.17, 15) is 14.4 Å². The molecule has 62 heavy (non-hydrogen) atoms. The number of carbonyl (C=O) groups is 3. The number of amides is 3. The minimum atomic E-state index is -0.565. The van der Waals surface area contributed by atoms with E-state index < -0.39 is 5.60 Å². The van der Waals surface area contributed by atoms with Crippen LogP contribution in [0.4, 0.5) is 16.4 Å².